The number of methoxy groups -OCH3 is 2. The molecule has 142 valence electrons. The molecule has 3 amide bonds. The summed E-state index contributed by atoms with van der Waals surface area (Å²) in [7, 11) is 3.09. The van der Waals surface area contributed by atoms with Gasteiger partial charge in [-0.15, -0.1) is 0 Å². The van der Waals surface area contributed by atoms with E-state index in [1.807, 2.05) is 30.3 Å². The molecule has 0 saturated carbocycles. The van der Waals surface area contributed by atoms with Gasteiger partial charge in [0.25, 0.3) is 5.91 Å². The van der Waals surface area contributed by atoms with Gasteiger partial charge in [-0.2, -0.15) is 5.10 Å². The lowest BCUT2D eigenvalue weighted by Crippen LogP contribution is -2.40. The third kappa shape index (κ3) is 6.69. The number of hydrazone groups is 1. The van der Waals surface area contributed by atoms with Gasteiger partial charge in [-0.05, 0) is 29.3 Å². The van der Waals surface area contributed by atoms with Crippen molar-refractivity contribution in [2.24, 2.45) is 5.10 Å². The molecule has 2 rings (SSSR count). The van der Waals surface area contributed by atoms with Gasteiger partial charge in [-0.1, -0.05) is 30.3 Å². The van der Waals surface area contributed by atoms with Gasteiger partial charge in [0.05, 0.1) is 20.4 Å². The molecule has 0 saturated heterocycles. The van der Waals surface area contributed by atoms with E-state index in [1.165, 1.54) is 13.3 Å². The van der Waals surface area contributed by atoms with Crippen LogP contribution in [0.25, 0.3) is 0 Å². The Morgan fingerprint density at radius 1 is 1.00 bits per heavy atom. The molecule has 2 aromatic rings. The van der Waals surface area contributed by atoms with Crippen LogP contribution in [-0.2, 0) is 11.3 Å². The predicted molar refractivity (Wildman–Crippen MR) is 102 cm³/mol. The zero-order chi connectivity index (χ0) is 19.5. The molecule has 0 radical (unpaired) electrons. The maximum Gasteiger partial charge on any atom is 0.315 e. The highest BCUT2D eigenvalue weighted by Gasteiger charge is 2.05. The van der Waals surface area contributed by atoms with Gasteiger partial charge in [0.15, 0.2) is 11.5 Å². The molecule has 0 aromatic heterocycles. The number of benzene rings is 2. The van der Waals surface area contributed by atoms with E-state index >= 15 is 0 Å². The molecular weight excluding hydrogens is 348 g/mol. The zero-order valence-electron chi connectivity index (χ0n) is 15.2. The van der Waals surface area contributed by atoms with Crippen LogP contribution in [0.2, 0.25) is 0 Å². The van der Waals surface area contributed by atoms with Crippen LogP contribution in [0.3, 0.4) is 0 Å². The van der Waals surface area contributed by atoms with Crippen molar-refractivity contribution in [2.75, 3.05) is 20.8 Å². The largest absolute Gasteiger partial charge is 0.493 e. The first-order valence-electron chi connectivity index (χ1n) is 8.22. The summed E-state index contributed by atoms with van der Waals surface area (Å²) in [6, 6.07) is 14.3. The van der Waals surface area contributed by atoms with E-state index in [2.05, 4.69) is 21.2 Å². The minimum absolute atomic E-state index is 0.191. The number of amides is 3. The van der Waals surface area contributed by atoms with E-state index < -0.39 is 11.9 Å². The lowest BCUT2D eigenvalue weighted by Gasteiger charge is -2.08. The van der Waals surface area contributed by atoms with Crippen molar-refractivity contribution >= 4 is 18.2 Å². The fraction of sp³-hybridized carbons (Fsp3) is 0.211. The van der Waals surface area contributed by atoms with Crippen molar-refractivity contribution in [3.63, 3.8) is 0 Å². The lowest BCUT2D eigenvalue weighted by molar-refractivity contribution is -0.120. The lowest BCUT2D eigenvalue weighted by atomic mass is 10.2. The number of hydrogen-bond donors (Lipinski definition) is 3. The summed E-state index contributed by atoms with van der Waals surface area (Å²) in [5, 5.41) is 8.98. The van der Waals surface area contributed by atoms with Gasteiger partial charge in [0, 0.05) is 6.54 Å². The van der Waals surface area contributed by atoms with Crippen molar-refractivity contribution in [1.82, 2.24) is 16.1 Å². The Bertz CT molecular complexity index is 794. The molecule has 0 unspecified atom stereocenters. The number of carbonyl (C=O) groups excluding carboxylic acids is 2. The van der Waals surface area contributed by atoms with Crippen molar-refractivity contribution < 1.29 is 19.1 Å². The van der Waals surface area contributed by atoms with Crippen LogP contribution in [0, 0.1) is 0 Å². The first-order chi connectivity index (χ1) is 13.1. The van der Waals surface area contributed by atoms with Crippen LogP contribution < -0.4 is 25.5 Å². The first kappa shape index (κ1) is 19.8. The fourth-order valence-electron chi connectivity index (χ4n) is 2.15. The zero-order valence-corrected chi connectivity index (χ0v) is 15.2. The summed E-state index contributed by atoms with van der Waals surface area (Å²) in [6.07, 6.45) is 1.47. The predicted octanol–water partition coefficient (Wildman–Crippen LogP) is 1.65. The first-order valence-corrected chi connectivity index (χ1v) is 8.22. The summed E-state index contributed by atoms with van der Waals surface area (Å²) in [4.78, 5) is 23.4. The van der Waals surface area contributed by atoms with Gasteiger partial charge >= 0.3 is 6.03 Å². The van der Waals surface area contributed by atoms with Crippen LogP contribution in [0.4, 0.5) is 4.79 Å². The molecule has 0 aliphatic carbocycles. The topological polar surface area (TPSA) is 101 Å². The van der Waals surface area contributed by atoms with Crippen LogP contribution in [0.1, 0.15) is 11.1 Å². The summed E-state index contributed by atoms with van der Waals surface area (Å²) in [6.45, 7) is 0.190. The number of rotatable bonds is 8. The Morgan fingerprint density at radius 2 is 1.74 bits per heavy atom. The maximum absolute atomic E-state index is 11.7. The molecular formula is C19H22N4O4. The van der Waals surface area contributed by atoms with Gasteiger partial charge in [0.2, 0.25) is 0 Å². The summed E-state index contributed by atoms with van der Waals surface area (Å²) < 4.78 is 10.3. The Kier molecular flexibility index (Phi) is 7.65. The van der Waals surface area contributed by atoms with Crippen LogP contribution in [0.15, 0.2) is 53.6 Å². The smallest absolute Gasteiger partial charge is 0.315 e. The minimum Gasteiger partial charge on any atom is -0.493 e. The number of nitrogens with zero attached hydrogens (tertiary/aromatic N) is 1. The fourth-order valence-corrected chi connectivity index (χ4v) is 2.15. The molecule has 8 heteroatoms. The van der Waals surface area contributed by atoms with E-state index in [9.17, 15) is 9.59 Å². The van der Waals surface area contributed by atoms with Crippen molar-refractivity contribution in [2.45, 2.75) is 6.54 Å². The number of nitrogens with one attached hydrogen (secondary N) is 3. The van der Waals surface area contributed by atoms with Gasteiger partial charge < -0.3 is 20.1 Å². The van der Waals surface area contributed by atoms with Crippen molar-refractivity contribution in [3.8, 4) is 11.5 Å². The summed E-state index contributed by atoms with van der Waals surface area (Å²) in [5.41, 5.74) is 4.04. The van der Waals surface area contributed by atoms with Gasteiger partial charge in [-0.3, -0.25) is 4.79 Å². The van der Waals surface area contributed by atoms with Gasteiger partial charge in [-0.25, -0.2) is 10.2 Å². The molecule has 0 spiro atoms. The Hall–Kier alpha value is -3.55. The Labute approximate surface area is 157 Å². The quantitative estimate of drug-likeness (QED) is 0.486. The van der Waals surface area contributed by atoms with Crippen LogP contribution in [-0.4, -0.2) is 38.9 Å². The molecule has 0 atom stereocenters. The molecule has 0 aliphatic rings. The molecule has 0 heterocycles. The molecule has 8 nitrogen and oxygen atoms in total. The van der Waals surface area contributed by atoms with Crippen LogP contribution in [0.5, 0.6) is 11.5 Å². The Morgan fingerprint density at radius 3 is 2.44 bits per heavy atom. The molecule has 27 heavy (non-hydrogen) atoms. The molecule has 0 fully saturated rings. The summed E-state index contributed by atoms with van der Waals surface area (Å²) >= 11 is 0. The average molecular weight is 370 g/mol. The highest BCUT2D eigenvalue weighted by molar-refractivity contribution is 5.86. The summed E-state index contributed by atoms with van der Waals surface area (Å²) in [5.74, 6) is 0.718. The second-order valence-electron chi connectivity index (χ2n) is 5.43. The number of urea groups is 1. The minimum atomic E-state index is -0.443. The van der Waals surface area contributed by atoms with E-state index in [0.717, 1.165) is 11.1 Å². The third-order valence-electron chi connectivity index (χ3n) is 3.52. The average Bonchev–Trinajstić information content (AvgIpc) is 2.71. The highest BCUT2D eigenvalue weighted by Crippen LogP contribution is 2.26. The standard InChI is InChI=1S/C19H22N4O4/c1-26-16-9-8-15(10-17(16)27-2)12-22-23-18(24)13-21-19(25)20-11-14-6-4-3-5-7-14/h3-10,12H,11,13H2,1-2H3,(H,23,24)(H2,20,21,25)/b22-12-. The SMILES string of the molecule is COc1ccc(/C=N\NC(=O)CNC(=O)NCc2ccccc2)cc1OC. The third-order valence-corrected chi connectivity index (χ3v) is 3.52. The normalized spacial score (nSPS) is 10.3. The molecule has 3 N–H and O–H groups in total. The van der Waals surface area contributed by atoms with Crippen molar-refractivity contribution in [3.05, 3.63) is 59.7 Å². The maximum atomic E-state index is 11.7. The second-order valence-corrected chi connectivity index (χ2v) is 5.43. The van der Waals surface area contributed by atoms with Crippen LogP contribution >= 0.6 is 0 Å². The number of hydrogen-bond acceptors (Lipinski definition) is 5. The molecule has 0 aliphatic heterocycles. The number of carbonyl (C=O) groups is 2. The van der Waals surface area contributed by atoms with Gasteiger partial charge in [0.1, 0.15) is 6.54 Å². The van der Waals surface area contributed by atoms with E-state index in [0.29, 0.717) is 18.0 Å². The molecule has 2 aromatic carbocycles. The van der Waals surface area contributed by atoms with Crippen molar-refractivity contribution in [1.29, 1.82) is 0 Å². The number of ether oxygens (including phenoxy) is 2. The second kappa shape index (κ2) is 10.4. The van der Waals surface area contributed by atoms with E-state index in [-0.39, 0.29) is 6.54 Å². The molecule has 0 bridgehead atoms. The Balaban J connectivity index is 1.72. The van der Waals surface area contributed by atoms with E-state index in [4.69, 9.17) is 9.47 Å². The monoisotopic (exact) mass is 370 g/mol. The van der Waals surface area contributed by atoms with E-state index in [1.54, 1.807) is 25.3 Å². The highest BCUT2D eigenvalue weighted by atomic mass is 16.5.